The molecule has 45 heavy (non-hydrogen) atoms. The lowest BCUT2D eigenvalue weighted by Crippen LogP contribution is -2.43. The third-order valence-electron chi connectivity index (χ3n) is 9.70. The van der Waals surface area contributed by atoms with Gasteiger partial charge in [0.25, 0.3) is 0 Å². The molecule has 1 aliphatic heterocycles. The molecule has 2 aromatic carbocycles. The van der Waals surface area contributed by atoms with Gasteiger partial charge in [-0.1, -0.05) is 53.5 Å². The summed E-state index contributed by atoms with van der Waals surface area (Å²) in [6.45, 7) is 14.4. The van der Waals surface area contributed by atoms with Crippen LogP contribution in [0.15, 0.2) is 30.5 Å². The van der Waals surface area contributed by atoms with Crippen LogP contribution in [0.3, 0.4) is 0 Å². The number of pyridine rings is 1. The highest BCUT2D eigenvalue weighted by atomic mass is 35.5. The van der Waals surface area contributed by atoms with E-state index < -0.39 is 25.8 Å². The van der Waals surface area contributed by atoms with Gasteiger partial charge >= 0.3 is 6.08 Å². The minimum absolute atomic E-state index is 0.0660. The van der Waals surface area contributed by atoms with E-state index in [1.165, 1.54) is 12.3 Å². The third-order valence-corrected chi connectivity index (χ3v) is 16.6. The molecule has 1 saturated carbocycles. The molecule has 2 fully saturated rings. The van der Waals surface area contributed by atoms with Crippen molar-refractivity contribution in [3.8, 4) is 22.7 Å². The second-order valence-corrected chi connectivity index (χ2v) is 19.2. The Morgan fingerprint density at radius 1 is 1.04 bits per heavy atom. The highest BCUT2D eigenvalue weighted by molar-refractivity contribution is 6.90. The first-order valence-electron chi connectivity index (χ1n) is 15.4. The molecule has 1 aliphatic carbocycles. The van der Waals surface area contributed by atoms with Crippen molar-refractivity contribution >= 4 is 52.9 Å². The van der Waals surface area contributed by atoms with E-state index in [1.54, 1.807) is 18.2 Å². The Morgan fingerprint density at radius 2 is 1.76 bits per heavy atom. The summed E-state index contributed by atoms with van der Waals surface area (Å²) in [5.41, 5.74) is 11.3. The SMILES string of the molecule is CC(C)[Si](C#Cc1c(F)ccc2cc(N)cc(-c3ncc4c(N5CCOC[C@H]6[C@H](Cl)[C@H]65)nc(F)nc4c3F)c12)(C(C)C)C(C)C. The smallest absolute Gasteiger partial charge is 0.311 e. The summed E-state index contributed by atoms with van der Waals surface area (Å²) < 4.78 is 52.9. The Hall–Kier alpha value is -3.39. The summed E-state index contributed by atoms with van der Waals surface area (Å²) in [5, 5.41) is 1.05. The first-order valence-corrected chi connectivity index (χ1v) is 18.1. The molecule has 6 rings (SSSR count). The van der Waals surface area contributed by atoms with Crippen molar-refractivity contribution in [3.05, 3.63) is 53.7 Å². The Bertz CT molecular complexity index is 1850. The summed E-state index contributed by atoms with van der Waals surface area (Å²) in [5.74, 6) is 2.14. The number of nitrogen functional groups attached to an aromatic ring is 1. The molecule has 4 aromatic rings. The second kappa shape index (κ2) is 11.8. The number of anilines is 2. The fourth-order valence-electron chi connectivity index (χ4n) is 7.49. The van der Waals surface area contributed by atoms with Crippen LogP contribution in [0.25, 0.3) is 32.9 Å². The van der Waals surface area contributed by atoms with Gasteiger partial charge < -0.3 is 15.4 Å². The van der Waals surface area contributed by atoms with Crippen LogP contribution < -0.4 is 10.6 Å². The van der Waals surface area contributed by atoms with E-state index in [9.17, 15) is 4.39 Å². The average Bonchev–Trinajstić information content (AvgIpc) is 3.67. The van der Waals surface area contributed by atoms with Crippen LogP contribution in [0.5, 0.6) is 0 Å². The lowest BCUT2D eigenvalue weighted by Gasteiger charge is -2.38. The van der Waals surface area contributed by atoms with E-state index >= 15 is 8.78 Å². The van der Waals surface area contributed by atoms with Gasteiger partial charge in [0.05, 0.1) is 35.6 Å². The zero-order valence-electron chi connectivity index (χ0n) is 26.3. The van der Waals surface area contributed by atoms with E-state index in [1.807, 2.05) is 4.90 Å². The van der Waals surface area contributed by atoms with Crippen molar-refractivity contribution in [2.75, 3.05) is 30.4 Å². The molecule has 0 unspecified atom stereocenters. The van der Waals surface area contributed by atoms with Crippen molar-refractivity contribution in [1.29, 1.82) is 0 Å². The number of nitrogens with zero attached hydrogens (tertiary/aromatic N) is 4. The summed E-state index contributed by atoms with van der Waals surface area (Å²) in [6.07, 6.45) is 0.359. The maximum absolute atomic E-state index is 16.6. The molecule has 1 saturated heterocycles. The minimum Gasteiger partial charge on any atom is -0.399 e. The number of nitrogens with two attached hydrogens (primary N) is 1. The van der Waals surface area contributed by atoms with E-state index in [0.717, 1.165) is 0 Å². The highest BCUT2D eigenvalue weighted by Gasteiger charge is 2.54. The van der Waals surface area contributed by atoms with Crippen molar-refractivity contribution in [3.63, 3.8) is 0 Å². The van der Waals surface area contributed by atoms with Gasteiger partial charge in [0.15, 0.2) is 5.82 Å². The number of aromatic nitrogens is 3. The van der Waals surface area contributed by atoms with E-state index in [-0.39, 0.29) is 50.9 Å². The minimum atomic E-state index is -2.24. The number of hydrogen-bond acceptors (Lipinski definition) is 6. The van der Waals surface area contributed by atoms with Crippen LogP contribution >= 0.6 is 11.6 Å². The molecular weight excluding hydrogens is 615 g/mol. The van der Waals surface area contributed by atoms with E-state index in [0.29, 0.717) is 52.8 Å². The van der Waals surface area contributed by atoms with Crippen molar-refractivity contribution in [1.82, 2.24) is 15.0 Å². The molecule has 2 N–H and O–H groups in total. The number of rotatable bonds is 5. The first-order chi connectivity index (χ1) is 21.4. The van der Waals surface area contributed by atoms with Gasteiger partial charge in [-0.3, -0.25) is 4.98 Å². The number of fused-ring (bicyclic) bond motifs is 3. The van der Waals surface area contributed by atoms with Crippen LogP contribution in [0.2, 0.25) is 16.6 Å². The predicted octanol–water partition coefficient (Wildman–Crippen LogP) is 7.86. The standard InChI is InChI=1S/C34H37ClF3N5OSi/c1-17(2)45(18(3)4,19(5)6)12-9-22-26(36)8-7-20-13-21(39)14-23(27(20)22)30-29(37)31-24(15-40-30)33(42-34(38)41-31)43-10-11-44-16-25-28(35)32(25)43/h7-8,13-15,17-19,25,28,32H,10-11,16,39H2,1-6H3/t25-,28-,32-/m0/s1. The average molecular weight is 652 g/mol. The fourth-order valence-corrected chi connectivity index (χ4v) is 13.2. The van der Waals surface area contributed by atoms with Crippen LogP contribution in [0.1, 0.15) is 47.1 Å². The first kappa shape index (κ1) is 31.6. The quantitative estimate of drug-likeness (QED) is 0.0779. The third kappa shape index (κ3) is 5.23. The number of benzene rings is 2. The molecule has 0 radical (unpaired) electrons. The van der Waals surface area contributed by atoms with Crippen molar-refractivity contribution in [2.24, 2.45) is 5.92 Å². The number of alkyl halides is 1. The van der Waals surface area contributed by atoms with Crippen molar-refractivity contribution < 1.29 is 17.9 Å². The Morgan fingerprint density at radius 3 is 2.44 bits per heavy atom. The lowest BCUT2D eigenvalue weighted by atomic mass is 9.95. The molecule has 2 aromatic heterocycles. The molecule has 6 nitrogen and oxygen atoms in total. The monoisotopic (exact) mass is 651 g/mol. The van der Waals surface area contributed by atoms with Crippen LogP contribution in [-0.4, -0.2) is 54.2 Å². The molecular formula is C34H37ClF3N5OSi. The summed E-state index contributed by atoms with van der Waals surface area (Å²) >= 11 is 6.51. The molecule has 0 spiro atoms. The van der Waals surface area contributed by atoms with Gasteiger partial charge in [0, 0.05) is 35.3 Å². The van der Waals surface area contributed by atoms with Crippen LogP contribution in [0.4, 0.5) is 24.7 Å². The predicted molar refractivity (Wildman–Crippen MR) is 178 cm³/mol. The van der Waals surface area contributed by atoms with Gasteiger partial charge in [-0.2, -0.15) is 14.4 Å². The largest absolute Gasteiger partial charge is 0.399 e. The summed E-state index contributed by atoms with van der Waals surface area (Å²) in [6, 6.07) is 6.10. The maximum Gasteiger partial charge on any atom is 0.311 e. The second-order valence-electron chi connectivity index (χ2n) is 13.1. The van der Waals surface area contributed by atoms with E-state index in [2.05, 4.69) is 68.0 Å². The molecule has 236 valence electrons. The molecule has 3 atom stereocenters. The fraction of sp³-hybridized carbons (Fsp3) is 0.441. The van der Waals surface area contributed by atoms with Gasteiger partial charge in [0.1, 0.15) is 30.9 Å². The molecule has 11 heteroatoms. The Kier molecular flexibility index (Phi) is 8.25. The summed E-state index contributed by atoms with van der Waals surface area (Å²) in [7, 11) is -2.24. The van der Waals surface area contributed by atoms with Gasteiger partial charge in [0.2, 0.25) is 0 Å². The Balaban J connectivity index is 1.58. The zero-order chi connectivity index (χ0) is 32.4. The van der Waals surface area contributed by atoms with E-state index in [4.69, 9.17) is 22.1 Å². The maximum atomic E-state index is 16.6. The van der Waals surface area contributed by atoms with Crippen molar-refractivity contribution in [2.45, 2.75) is 69.6 Å². The number of ether oxygens (including phenoxy) is 1. The summed E-state index contributed by atoms with van der Waals surface area (Å²) in [4.78, 5) is 14.3. The molecule has 2 aliphatic rings. The zero-order valence-corrected chi connectivity index (χ0v) is 28.0. The number of hydrogen-bond donors (Lipinski definition) is 1. The molecule has 3 heterocycles. The van der Waals surface area contributed by atoms with Gasteiger partial charge in [-0.05, 0) is 40.2 Å². The lowest BCUT2D eigenvalue weighted by molar-refractivity contribution is 0.139. The molecule has 0 bridgehead atoms. The number of halogens is 4. The Labute approximate surface area is 267 Å². The van der Waals surface area contributed by atoms with Crippen LogP contribution in [-0.2, 0) is 4.74 Å². The molecule has 0 amide bonds. The van der Waals surface area contributed by atoms with Crippen LogP contribution in [0, 0.1) is 35.1 Å². The van der Waals surface area contributed by atoms with Gasteiger partial charge in [-0.15, -0.1) is 17.1 Å². The highest BCUT2D eigenvalue weighted by Crippen LogP contribution is 2.46. The van der Waals surface area contributed by atoms with Gasteiger partial charge in [-0.25, -0.2) is 8.78 Å². The normalized spacial score (nSPS) is 20.1. The topological polar surface area (TPSA) is 77.2 Å².